The van der Waals surface area contributed by atoms with Crippen LogP contribution in [0, 0.1) is 0 Å². The van der Waals surface area contributed by atoms with Crippen LogP contribution in [0.2, 0.25) is 0 Å². The predicted octanol–water partition coefficient (Wildman–Crippen LogP) is 1.88. The van der Waals surface area contributed by atoms with Crippen LogP contribution in [0.3, 0.4) is 0 Å². The van der Waals surface area contributed by atoms with Crippen molar-refractivity contribution in [2.45, 2.75) is 57.2 Å². The van der Waals surface area contributed by atoms with E-state index in [-0.39, 0.29) is 0 Å². The van der Waals surface area contributed by atoms with Crippen LogP contribution in [0.25, 0.3) is 0 Å². The first-order valence-electron chi connectivity index (χ1n) is 7.74. The van der Waals surface area contributed by atoms with Crippen molar-refractivity contribution in [3.8, 4) is 0 Å². The summed E-state index contributed by atoms with van der Waals surface area (Å²) >= 11 is 0. The third-order valence-corrected chi connectivity index (χ3v) is 4.89. The number of aromatic nitrogens is 2. The van der Waals surface area contributed by atoms with Gasteiger partial charge in [0.05, 0.1) is 6.54 Å². The number of nitrogens with one attached hydrogen (secondary N) is 1. The zero-order valence-corrected chi connectivity index (χ0v) is 12.0. The van der Waals surface area contributed by atoms with Gasteiger partial charge in [-0.25, -0.2) is 0 Å². The summed E-state index contributed by atoms with van der Waals surface area (Å²) in [7, 11) is 0. The SMILES string of the molecule is CC1CN(CCn2cccn2)C2(CCCCC2)CN1. The molecule has 0 aromatic carbocycles. The molecule has 1 aromatic rings. The number of hydrogen-bond acceptors (Lipinski definition) is 3. The predicted molar refractivity (Wildman–Crippen MR) is 77.1 cm³/mol. The smallest absolute Gasteiger partial charge is 0.0536 e. The normalized spacial score (nSPS) is 27.7. The molecule has 1 saturated heterocycles. The molecule has 1 aliphatic heterocycles. The van der Waals surface area contributed by atoms with Gasteiger partial charge in [0.1, 0.15) is 0 Å². The number of rotatable bonds is 3. The van der Waals surface area contributed by atoms with Crippen LogP contribution < -0.4 is 5.32 Å². The fourth-order valence-electron chi connectivity index (χ4n) is 3.75. The molecule has 3 rings (SSSR count). The van der Waals surface area contributed by atoms with E-state index in [4.69, 9.17) is 0 Å². The molecule has 2 fully saturated rings. The molecule has 1 atom stereocenters. The van der Waals surface area contributed by atoms with Crippen LogP contribution in [0.5, 0.6) is 0 Å². The van der Waals surface area contributed by atoms with Crippen molar-refractivity contribution in [2.24, 2.45) is 0 Å². The highest BCUT2D eigenvalue weighted by Crippen LogP contribution is 2.35. The second kappa shape index (κ2) is 5.63. The van der Waals surface area contributed by atoms with E-state index in [1.807, 2.05) is 12.3 Å². The summed E-state index contributed by atoms with van der Waals surface area (Å²) in [5, 5.41) is 8.03. The van der Waals surface area contributed by atoms with Crippen molar-refractivity contribution in [3.05, 3.63) is 18.5 Å². The molecule has 1 unspecified atom stereocenters. The minimum Gasteiger partial charge on any atom is -0.311 e. The van der Waals surface area contributed by atoms with E-state index in [0.717, 1.165) is 13.1 Å². The van der Waals surface area contributed by atoms with Gasteiger partial charge in [0.15, 0.2) is 0 Å². The van der Waals surface area contributed by atoms with Crippen LogP contribution in [-0.4, -0.2) is 45.9 Å². The maximum absolute atomic E-state index is 4.33. The van der Waals surface area contributed by atoms with Crippen LogP contribution in [-0.2, 0) is 6.54 Å². The first-order valence-corrected chi connectivity index (χ1v) is 7.74. The first-order chi connectivity index (χ1) is 9.28. The third-order valence-electron chi connectivity index (χ3n) is 4.89. The second-order valence-electron chi connectivity index (χ2n) is 6.28. The van der Waals surface area contributed by atoms with Crippen molar-refractivity contribution >= 4 is 0 Å². The van der Waals surface area contributed by atoms with E-state index >= 15 is 0 Å². The average Bonchev–Trinajstić information content (AvgIpc) is 2.94. The lowest BCUT2D eigenvalue weighted by molar-refractivity contribution is 0.00973. The van der Waals surface area contributed by atoms with Crippen LogP contribution in [0.1, 0.15) is 39.0 Å². The summed E-state index contributed by atoms with van der Waals surface area (Å²) < 4.78 is 2.06. The Balaban J connectivity index is 1.67. The molecule has 1 saturated carbocycles. The zero-order valence-electron chi connectivity index (χ0n) is 12.0. The van der Waals surface area contributed by atoms with Gasteiger partial charge in [-0.1, -0.05) is 19.3 Å². The molecule has 1 spiro atoms. The summed E-state index contributed by atoms with van der Waals surface area (Å²) in [4.78, 5) is 2.75. The molecule has 0 radical (unpaired) electrons. The van der Waals surface area contributed by atoms with Gasteiger partial charge < -0.3 is 5.32 Å². The monoisotopic (exact) mass is 262 g/mol. The lowest BCUT2D eigenvalue weighted by atomic mass is 9.78. The second-order valence-corrected chi connectivity index (χ2v) is 6.28. The molecule has 0 amide bonds. The van der Waals surface area contributed by atoms with Crippen molar-refractivity contribution in [1.82, 2.24) is 20.0 Å². The molecule has 2 heterocycles. The zero-order chi connectivity index (χ0) is 13.1. The Kier molecular flexibility index (Phi) is 3.89. The Hall–Kier alpha value is -0.870. The van der Waals surface area contributed by atoms with Crippen LogP contribution in [0.15, 0.2) is 18.5 Å². The molecule has 1 N–H and O–H groups in total. The number of nitrogens with zero attached hydrogens (tertiary/aromatic N) is 3. The maximum atomic E-state index is 4.33. The van der Waals surface area contributed by atoms with Gasteiger partial charge in [-0.3, -0.25) is 9.58 Å². The Labute approximate surface area is 116 Å². The van der Waals surface area contributed by atoms with E-state index in [2.05, 4.69) is 33.1 Å². The van der Waals surface area contributed by atoms with Crippen molar-refractivity contribution in [2.75, 3.05) is 19.6 Å². The first kappa shape index (κ1) is 13.1. The molecule has 0 bridgehead atoms. The van der Waals surface area contributed by atoms with E-state index < -0.39 is 0 Å². The molecule has 19 heavy (non-hydrogen) atoms. The van der Waals surface area contributed by atoms with E-state index in [1.54, 1.807) is 0 Å². The van der Waals surface area contributed by atoms with E-state index in [0.29, 0.717) is 11.6 Å². The van der Waals surface area contributed by atoms with Gasteiger partial charge in [-0.15, -0.1) is 0 Å². The highest BCUT2D eigenvalue weighted by Gasteiger charge is 2.40. The van der Waals surface area contributed by atoms with Gasteiger partial charge in [0.25, 0.3) is 0 Å². The minimum absolute atomic E-state index is 0.428. The topological polar surface area (TPSA) is 33.1 Å². The Morgan fingerprint density at radius 3 is 2.84 bits per heavy atom. The van der Waals surface area contributed by atoms with Crippen LogP contribution in [0.4, 0.5) is 0 Å². The molecule has 1 aromatic heterocycles. The number of piperazine rings is 1. The average molecular weight is 262 g/mol. The summed E-state index contributed by atoms with van der Waals surface area (Å²) in [6.07, 6.45) is 10.9. The molecule has 1 aliphatic carbocycles. The summed E-state index contributed by atoms with van der Waals surface area (Å²) in [6, 6.07) is 2.63. The van der Waals surface area contributed by atoms with E-state index in [1.165, 1.54) is 45.2 Å². The summed E-state index contributed by atoms with van der Waals surface area (Å²) in [5.74, 6) is 0. The summed E-state index contributed by atoms with van der Waals surface area (Å²) in [6.45, 7) is 6.81. The van der Waals surface area contributed by atoms with Gasteiger partial charge in [0, 0.05) is 43.6 Å². The van der Waals surface area contributed by atoms with Gasteiger partial charge in [0.2, 0.25) is 0 Å². The van der Waals surface area contributed by atoms with Crippen molar-refractivity contribution < 1.29 is 0 Å². The maximum Gasteiger partial charge on any atom is 0.0536 e. The fourth-order valence-corrected chi connectivity index (χ4v) is 3.75. The highest BCUT2D eigenvalue weighted by atomic mass is 15.3. The van der Waals surface area contributed by atoms with Gasteiger partial charge in [-0.2, -0.15) is 5.10 Å². The molecule has 106 valence electrons. The van der Waals surface area contributed by atoms with Crippen molar-refractivity contribution in [1.29, 1.82) is 0 Å². The Morgan fingerprint density at radius 2 is 2.11 bits per heavy atom. The van der Waals surface area contributed by atoms with Gasteiger partial charge >= 0.3 is 0 Å². The molecular formula is C15H26N4. The molecular weight excluding hydrogens is 236 g/mol. The quantitative estimate of drug-likeness (QED) is 0.903. The Bertz CT molecular complexity index is 381. The van der Waals surface area contributed by atoms with Gasteiger partial charge in [-0.05, 0) is 25.8 Å². The lowest BCUT2D eigenvalue weighted by Crippen LogP contribution is -2.65. The largest absolute Gasteiger partial charge is 0.311 e. The molecule has 4 nitrogen and oxygen atoms in total. The van der Waals surface area contributed by atoms with Crippen molar-refractivity contribution in [3.63, 3.8) is 0 Å². The lowest BCUT2D eigenvalue weighted by Gasteiger charge is -2.51. The standard InChI is InChI=1S/C15H26N4/c1-14-12-18(10-11-19-9-5-8-17-19)15(13-16-14)6-3-2-4-7-15/h5,8-9,14,16H,2-4,6-7,10-13H2,1H3. The fraction of sp³-hybridized carbons (Fsp3) is 0.800. The minimum atomic E-state index is 0.428. The molecule has 2 aliphatic rings. The number of hydrogen-bond donors (Lipinski definition) is 1. The molecule has 4 heteroatoms. The van der Waals surface area contributed by atoms with E-state index in [9.17, 15) is 0 Å². The Morgan fingerprint density at radius 1 is 1.26 bits per heavy atom. The highest BCUT2D eigenvalue weighted by molar-refractivity contribution is 4.99. The summed E-state index contributed by atoms with van der Waals surface area (Å²) in [5.41, 5.74) is 0.428. The third kappa shape index (κ3) is 2.84. The van der Waals surface area contributed by atoms with Crippen LogP contribution >= 0.6 is 0 Å².